The Labute approximate surface area is 232 Å². The second-order valence-corrected chi connectivity index (χ2v) is 14.1. The molecule has 2 N–H and O–H groups in total. The molecule has 1 saturated heterocycles. The zero-order chi connectivity index (χ0) is 27.8. The average molecular weight is 577 g/mol. The number of likely N-dealkylation sites (tertiary alicyclic amines) is 1. The first-order valence-electron chi connectivity index (χ1n) is 13.3. The number of hydrogen-bond donors (Lipinski definition) is 2. The molecule has 0 unspecified atom stereocenters. The Bertz CT molecular complexity index is 1430. The number of aromatic nitrogens is 1. The number of nitrogens with zero attached hydrogens (tertiary/aromatic N) is 2. The summed E-state index contributed by atoms with van der Waals surface area (Å²) in [6.45, 7) is 5.09. The van der Waals surface area contributed by atoms with Crippen LogP contribution in [-0.2, 0) is 27.7 Å². The van der Waals surface area contributed by atoms with Crippen LogP contribution in [0.3, 0.4) is 0 Å². The van der Waals surface area contributed by atoms with Gasteiger partial charge in [0.05, 0.1) is 27.6 Å². The van der Waals surface area contributed by atoms with Crippen molar-refractivity contribution >= 4 is 43.2 Å². The number of para-hydroxylation sites is 1. The summed E-state index contributed by atoms with van der Waals surface area (Å²) in [6, 6.07) is 8.84. The van der Waals surface area contributed by atoms with E-state index in [1.165, 1.54) is 17.4 Å². The number of alkyl halides is 1. The molecule has 210 valence electrons. The highest BCUT2D eigenvalue weighted by atomic mass is 32.2. The van der Waals surface area contributed by atoms with Gasteiger partial charge >= 0.3 is 0 Å². The predicted octanol–water partition coefficient (Wildman–Crippen LogP) is 4.92. The summed E-state index contributed by atoms with van der Waals surface area (Å²) in [6.07, 6.45) is 2.41. The summed E-state index contributed by atoms with van der Waals surface area (Å²) < 4.78 is 58.6. The van der Waals surface area contributed by atoms with E-state index >= 15 is 0 Å². The number of amides is 1. The van der Waals surface area contributed by atoms with Gasteiger partial charge in [-0.2, -0.15) is 4.72 Å². The Hall–Kier alpha value is -2.63. The quantitative estimate of drug-likeness (QED) is 0.397. The maximum absolute atomic E-state index is 14.7. The van der Waals surface area contributed by atoms with Crippen LogP contribution in [0.15, 0.2) is 41.3 Å². The Morgan fingerprint density at radius 1 is 1.26 bits per heavy atom. The molecule has 1 aromatic heterocycles. The van der Waals surface area contributed by atoms with E-state index in [-0.39, 0.29) is 35.2 Å². The molecule has 2 aliphatic rings. The van der Waals surface area contributed by atoms with Crippen LogP contribution < -0.4 is 10.0 Å². The lowest BCUT2D eigenvalue weighted by molar-refractivity contribution is -0.134. The fourth-order valence-electron chi connectivity index (χ4n) is 5.52. The van der Waals surface area contributed by atoms with Crippen molar-refractivity contribution in [1.82, 2.24) is 14.6 Å². The number of anilines is 1. The van der Waals surface area contributed by atoms with E-state index in [1.54, 1.807) is 4.90 Å². The number of piperidine rings is 1. The molecule has 2 aromatic carbocycles. The van der Waals surface area contributed by atoms with E-state index in [9.17, 15) is 22.0 Å². The summed E-state index contributed by atoms with van der Waals surface area (Å²) in [7, 11) is -4.29. The number of carbonyl (C=O) groups excluding carboxylic acids is 1. The molecule has 7 nitrogen and oxygen atoms in total. The van der Waals surface area contributed by atoms with E-state index in [1.807, 2.05) is 38.1 Å². The van der Waals surface area contributed by atoms with Crippen molar-refractivity contribution in [3.63, 3.8) is 0 Å². The van der Waals surface area contributed by atoms with E-state index in [2.05, 4.69) is 15.0 Å². The number of benzene rings is 2. The maximum Gasteiger partial charge on any atom is 0.243 e. The second-order valence-electron chi connectivity index (χ2n) is 11.3. The molecule has 0 bridgehead atoms. The normalized spacial score (nSPS) is 18.5. The molecule has 0 saturated carbocycles. The molecule has 2 aliphatic heterocycles. The van der Waals surface area contributed by atoms with Gasteiger partial charge in [-0.1, -0.05) is 26.0 Å². The molecule has 3 heterocycles. The van der Waals surface area contributed by atoms with Gasteiger partial charge in [0.1, 0.15) is 16.8 Å². The number of thiazole rings is 1. The lowest BCUT2D eigenvalue weighted by atomic mass is 9.82. The minimum absolute atomic E-state index is 0.0692. The third-order valence-corrected chi connectivity index (χ3v) is 10.2. The van der Waals surface area contributed by atoms with Crippen LogP contribution in [-0.4, -0.2) is 56.6 Å². The van der Waals surface area contributed by atoms with E-state index < -0.39 is 21.9 Å². The number of sulfonamides is 1. The van der Waals surface area contributed by atoms with Gasteiger partial charge in [0.15, 0.2) is 0 Å². The van der Waals surface area contributed by atoms with Crippen LogP contribution in [0.2, 0.25) is 0 Å². The molecule has 11 heteroatoms. The fourth-order valence-corrected chi connectivity index (χ4v) is 7.96. The van der Waals surface area contributed by atoms with Crippen molar-refractivity contribution in [2.45, 2.75) is 56.9 Å². The Morgan fingerprint density at radius 3 is 2.72 bits per heavy atom. The van der Waals surface area contributed by atoms with Crippen LogP contribution in [0.4, 0.5) is 14.5 Å². The minimum Gasteiger partial charge on any atom is -0.383 e. The third kappa shape index (κ3) is 6.25. The zero-order valence-corrected chi connectivity index (χ0v) is 23.8. The summed E-state index contributed by atoms with van der Waals surface area (Å²) in [5.41, 5.74) is 1.59. The highest BCUT2D eigenvalue weighted by Gasteiger charge is 2.35. The zero-order valence-electron chi connectivity index (χ0n) is 22.2. The van der Waals surface area contributed by atoms with Crippen molar-refractivity contribution in [3.05, 3.63) is 52.8 Å². The molecule has 3 aromatic rings. The van der Waals surface area contributed by atoms with E-state index in [4.69, 9.17) is 0 Å². The summed E-state index contributed by atoms with van der Waals surface area (Å²) in [5, 5.41) is 3.81. The Morgan fingerprint density at radius 2 is 2.00 bits per heavy atom. The lowest BCUT2D eigenvalue weighted by Gasteiger charge is -2.35. The van der Waals surface area contributed by atoms with Crippen LogP contribution in [0.1, 0.15) is 43.7 Å². The first-order chi connectivity index (χ1) is 18.5. The molecule has 1 atom stereocenters. The smallest absolute Gasteiger partial charge is 0.243 e. The van der Waals surface area contributed by atoms with Gasteiger partial charge in [0, 0.05) is 26.1 Å². The van der Waals surface area contributed by atoms with Gasteiger partial charge in [-0.15, -0.1) is 11.3 Å². The molecule has 39 heavy (non-hydrogen) atoms. The summed E-state index contributed by atoms with van der Waals surface area (Å²) in [5.74, 6) is -0.777. The third-order valence-electron chi connectivity index (χ3n) is 7.61. The van der Waals surface area contributed by atoms with Crippen molar-refractivity contribution < 1.29 is 22.0 Å². The highest BCUT2D eigenvalue weighted by Crippen LogP contribution is 2.37. The minimum atomic E-state index is -4.29. The Kier molecular flexibility index (Phi) is 7.94. The number of hydrogen-bond acceptors (Lipinski definition) is 6. The van der Waals surface area contributed by atoms with Crippen LogP contribution in [0.25, 0.3) is 10.2 Å². The first-order valence-corrected chi connectivity index (χ1v) is 15.6. The van der Waals surface area contributed by atoms with Gasteiger partial charge in [0.2, 0.25) is 15.9 Å². The topological polar surface area (TPSA) is 91.4 Å². The number of carbonyl (C=O) groups is 1. The van der Waals surface area contributed by atoms with Crippen molar-refractivity contribution in [1.29, 1.82) is 0 Å². The molecular formula is C28H34F2N4O3S2. The largest absolute Gasteiger partial charge is 0.383 e. The van der Waals surface area contributed by atoms with E-state index in [0.717, 1.165) is 16.3 Å². The maximum atomic E-state index is 14.7. The number of nitrogens with one attached hydrogen (secondary N) is 2. The molecule has 0 aliphatic carbocycles. The first kappa shape index (κ1) is 27.9. The van der Waals surface area contributed by atoms with E-state index in [0.29, 0.717) is 61.6 Å². The monoisotopic (exact) mass is 576 g/mol. The summed E-state index contributed by atoms with van der Waals surface area (Å²) >= 11 is 1.41. The number of fused-ring (bicyclic) bond motifs is 2. The highest BCUT2D eigenvalue weighted by molar-refractivity contribution is 7.89. The van der Waals surface area contributed by atoms with Crippen molar-refractivity contribution in [3.8, 4) is 0 Å². The molecule has 0 radical (unpaired) electrons. The Balaban J connectivity index is 1.45. The molecule has 5 rings (SSSR count). The predicted molar refractivity (Wildman–Crippen MR) is 150 cm³/mol. The summed E-state index contributed by atoms with van der Waals surface area (Å²) in [4.78, 5) is 19.8. The average Bonchev–Trinajstić information content (AvgIpc) is 3.29. The molecule has 0 spiro atoms. The van der Waals surface area contributed by atoms with Crippen LogP contribution in [0.5, 0.6) is 0 Å². The molecule has 1 amide bonds. The van der Waals surface area contributed by atoms with Gasteiger partial charge in [-0.25, -0.2) is 17.8 Å². The SMILES string of the molecule is CC1(C)CNc2c(cc(F)cc2S(=O)(=O)N[C@@H](Cc2nc3ccccc3s2)C(=O)N2CCC(CCF)CC2)C1. The van der Waals surface area contributed by atoms with Crippen molar-refractivity contribution in [2.75, 3.05) is 31.6 Å². The number of halogens is 2. The standard InChI is InChI=1S/C28H34F2N4O3S2/c1-28(2)16-19-13-20(30)14-24(26(19)31-17-28)39(36,37)33-22(15-25-32-21-5-3-4-6-23(21)38-25)27(35)34-11-8-18(7-10-29)9-12-34/h3-6,13-14,18,22,31,33H,7-12,15-17H2,1-2H3/t22-/m0/s1. The van der Waals surface area contributed by atoms with Gasteiger partial charge in [-0.3, -0.25) is 9.18 Å². The fraction of sp³-hybridized carbons (Fsp3) is 0.500. The van der Waals surface area contributed by atoms with Crippen molar-refractivity contribution in [2.24, 2.45) is 11.3 Å². The van der Waals surface area contributed by atoms with Crippen LogP contribution in [0, 0.1) is 17.2 Å². The molecule has 1 fully saturated rings. The lowest BCUT2D eigenvalue weighted by Crippen LogP contribution is -2.51. The van der Waals surface area contributed by atoms with Crippen LogP contribution >= 0.6 is 11.3 Å². The van der Waals surface area contributed by atoms with Gasteiger partial charge in [0.25, 0.3) is 0 Å². The van der Waals surface area contributed by atoms with Gasteiger partial charge < -0.3 is 10.2 Å². The molecular weight excluding hydrogens is 542 g/mol. The second kappa shape index (κ2) is 11.1. The van der Waals surface area contributed by atoms with Gasteiger partial charge in [-0.05, 0) is 66.8 Å². The number of rotatable bonds is 8.